The Bertz CT molecular complexity index is 1270. The number of halogens is 31. The topological polar surface area (TPSA) is 37.3 Å². The summed E-state index contributed by atoms with van der Waals surface area (Å²) >= 11 is 0. The zero-order chi connectivity index (χ0) is 41.8. The van der Waals surface area contributed by atoms with Gasteiger partial charge >= 0.3 is 95.1 Å². The van der Waals surface area contributed by atoms with Crippen LogP contribution in [0.2, 0.25) is 0 Å². The van der Waals surface area contributed by atoms with Gasteiger partial charge in [-0.2, -0.15) is 136 Å². The number of aliphatic carboxylic acids is 1. The summed E-state index contributed by atoms with van der Waals surface area (Å²) in [4.78, 5) is 9.94. The maximum atomic E-state index is 13.8. The van der Waals surface area contributed by atoms with Crippen LogP contribution in [0.15, 0.2) is 0 Å². The first-order valence-corrected chi connectivity index (χ1v) is 10.5. The monoisotopic (exact) mass is 828 g/mol. The van der Waals surface area contributed by atoms with Crippen LogP contribution in [-0.4, -0.2) is 100 Å². The van der Waals surface area contributed by atoms with E-state index >= 15 is 0 Å². The molecule has 0 aliphatic heterocycles. The maximum absolute atomic E-state index is 13.8. The van der Waals surface area contributed by atoms with Crippen molar-refractivity contribution in [3.63, 3.8) is 0 Å². The number of carboxylic acids is 1. The van der Waals surface area contributed by atoms with E-state index in [-0.39, 0.29) is 0 Å². The molecule has 0 amide bonds. The third-order valence-electron chi connectivity index (χ3n) is 5.88. The van der Waals surface area contributed by atoms with Crippen molar-refractivity contribution in [1.82, 2.24) is 0 Å². The predicted molar refractivity (Wildman–Crippen MR) is 87.6 cm³/mol. The van der Waals surface area contributed by atoms with Gasteiger partial charge in [0.1, 0.15) is 6.42 Å². The fraction of sp³-hybridized carbons (Fsp3) is 0.941. The molecule has 33 heteroatoms. The van der Waals surface area contributed by atoms with Gasteiger partial charge in [-0.15, -0.1) is 0 Å². The summed E-state index contributed by atoms with van der Waals surface area (Å²) in [5.41, 5.74) is 0. The first-order chi connectivity index (χ1) is 20.9. The van der Waals surface area contributed by atoms with Crippen molar-refractivity contribution in [2.24, 2.45) is 0 Å². The Morgan fingerprint density at radius 3 is 0.620 bits per heavy atom. The van der Waals surface area contributed by atoms with Crippen LogP contribution >= 0.6 is 0 Å². The number of hydrogen-bond donors (Lipinski definition) is 1. The molecular formula is C17H3F31O2. The van der Waals surface area contributed by atoms with Crippen LogP contribution in [0.4, 0.5) is 136 Å². The van der Waals surface area contributed by atoms with Crippen molar-refractivity contribution in [2.75, 3.05) is 0 Å². The van der Waals surface area contributed by atoms with Crippen molar-refractivity contribution < 1.29 is 146 Å². The van der Waals surface area contributed by atoms with E-state index in [2.05, 4.69) is 0 Å². The second-order valence-electron chi connectivity index (χ2n) is 9.27. The lowest BCUT2D eigenvalue weighted by Crippen LogP contribution is -2.79. The summed E-state index contributed by atoms with van der Waals surface area (Å²) in [7, 11) is 0. The van der Waals surface area contributed by atoms with Gasteiger partial charge in [-0.05, 0) is 0 Å². The molecule has 0 aromatic heterocycles. The Balaban J connectivity index is 7.62. The van der Waals surface area contributed by atoms with Gasteiger partial charge < -0.3 is 5.11 Å². The SMILES string of the molecule is O=C(O)C(F)(F)C(F)(F)C(F)(F)C(F)(F)C(F)(F)C(F)(F)C(F)(F)C(F)(F)C(F)(F)C(F)(F)C(F)(F)C(F)(F)C(F)(F)C(F)(F)CC(F)(F)F. The third kappa shape index (κ3) is 5.57. The minimum atomic E-state index is -10.1. The molecule has 0 atom stereocenters. The highest BCUT2D eigenvalue weighted by atomic mass is 19.4. The van der Waals surface area contributed by atoms with Crippen LogP contribution in [0.25, 0.3) is 0 Å². The van der Waals surface area contributed by atoms with Gasteiger partial charge in [0.25, 0.3) is 0 Å². The summed E-state index contributed by atoms with van der Waals surface area (Å²) < 4.78 is 414. The first kappa shape index (κ1) is 47.3. The van der Waals surface area contributed by atoms with Gasteiger partial charge in [0.05, 0.1) is 0 Å². The summed E-state index contributed by atoms with van der Waals surface area (Å²) in [6.45, 7) is 0. The summed E-state index contributed by atoms with van der Waals surface area (Å²) in [6.07, 6.45) is -11.8. The lowest BCUT2D eigenvalue weighted by molar-refractivity contribution is -0.484. The molecule has 0 saturated heterocycles. The normalized spacial score (nSPS) is 16.9. The van der Waals surface area contributed by atoms with Gasteiger partial charge in [0.15, 0.2) is 0 Å². The highest BCUT2D eigenvalue weighted by Gasteiger charge is 3.01. The van der Waals surface area contributed by atoms with E-state index in [4.69, 9.17) is 5.11 Å². The number of carboxylic acid groups (broad SMARTS) is 1. The molecule has 0 heterocycles. The quantitative estimate of drug-likeness (QED) is 0.167. The maximum Gasteiger partial charge on any atom is 0.410 e. The van der Waals surface area contributed by atoms with Crippen LogP contribution < -0.4 is 0 Å². The van der Waals surface area contributed by atoms with E-state index < -0.39 is 101 Å². The van der Waals surface area contributed by atoms with Gasteiger partial charge in [-0.25, -0.2) is 4.79 Å². The minimum absolute atomic E-state index is 4.80. The lowest BCUT2D eigenvalue weighted by atomic mass is 9.83. The zero-order valence-corrected chi connectivity index (χ0v) is 21.3. The molecule has 1 N–H and O–H groups in total. The van der Waals surface area contributed by atoms with Crippen LogP contribution in [-0.2, 0) is 4.79 Å². The smallest absolute Gasteiger partial charge is 0.410 e. The minimum Gasteiger partial charge on any atom is -0.477 e. The summed E-state index contributed by atoms with van der Waals surface area (Å²) in [5.74, 6) is -137. The summed E-state index contributed by atoms with van der Waals surface area (Å²) in [6, 6.07) is 0. The average molecular weight is 828 g/mol. The average Bonchev–Trinajstić information content (AvgIpc) is 2.85. The van der Waals surface area contributed by atoms with Gasteiger partial charge in [0.2, 0.25) is 0 Å². The molecule has 0 radical (unpaired) electrons. The fourth-order valence-corrected chi connectivity index (χ4v) is 2.90. The molecule has 50 heavy (non-hydrogen) atoms. The van der Waals surface area contributed by atoms with E-state index in [9.17, 15) is 141 Å². The molecule has 0 unspecified atom stereocenters. The second kappa shape index (κ2) is 11.4. The second-order valence-corrected chi connectivity index (χ2v) is 9.27. The molecule has 2 nitrogen and oxygen atoms in total. The third-order valence-corrected chi connectivity index (χ3v) is 5.88. The number of rotatable bonds is 15. The Morgan fingerprint density at radius 2 is 0.460 bits per heavy atom. The Kier molecular flexibility index (Phi) is 10.8. The van der Waals surface area contributed by atoms with Crippen LogP contribution in [0.5, 0.6) is 0 Å². The molecule has 0 aliphatic carbocycles. The largest absolute Gasteiger partial charge is 0.477 e. The first-order valence-electron chi connectivity index (χ1n) is 10.5. The molecule has 0 aromatic carbocycles. The van der Waals surface area contributed by atoms with Crippen LogP contribution in [0.3, 0.4) is 0 Å². The van der Waals surface area contributed by atoms with E-state index in [1.807, 2.05) is 0 Å². The van der Waals surface area contributed by atoms with Crippen molar-refractivity contribution in [1.29, 1.82) is 0 Å². The van der Waals surface area contributed by atoms with Crippen LogP contribution in [0, 0.1) is 0 Å². The van der Waals surface area contributed by atoms with Crippen LogP contribution in [0.1, 0.15) is 6.42 Å². The molecule has 0 bridgehead atoms. The molecule has 300 valence electrons. The molecule has 0 rings (SSSR count). The lowest BCUT2D eigenvalue weighted by Gasteiger charge is -2.46. The van der Waals surface area contributed by atoms with Crippen molar-refractivity contribution in [3.05, 3.63) is 0 Å². The number of carbonyl (C=O) groups is 1. The highest BCUT2D eigenvalue weighted by Crippen LogP contribution is 2.69. The zero-order valence-electron chi connectivity index (χ0n) is 21.3. The van der Waals surface area contributed by atoms with Gasteiger partial charge in [-0.1, -0.05) is 0 Å². The van der Waals surface area contributed by atoms with Crippen molar-refractivity contribution >= 4 is 5.97 Å². The molecular weight excluding hydrogens is 825 g/mol. The number of alkyl halides is 31. The Labute approximate surface area is 249 Å². The van der Waals surface area contributed by atoms with Crippen molar-refractivity contribution in [3.8, 4) is 0 Å². The summed E-state index contributed by atoms with van der Waals surface area (Å²) in [5, 5.41) is 7.67. The molecule has 0 spiro atoms. The fourth-order valence-electron chi connectivity index (χ4n) is 2.90. The molecule has 0 aliphatic rings. The van der Waals surface area contributed by atoms with Gasteiger partial charge in [0, 0.05) is 0 Å². The van der Waals surface area contributed by atoms with Gasteiger partial charge in [-0.3, -0.25) is 0 Å². The van der Waals surface area contributed by atoms with E-state index in [1.165, 1.54) is 0 Å². The van der Waals surface area contributed by atoms with E-state index in [0.29, 0.717) is 0 Å². The Hall–Kier alpha value is -2.70. The van der Waals surface area contributed by atoms with E-state index in [1.54, 1.807) is 0 Å². The molecule has 0 fully saturated rings. The standard InChI is InChI=1S/C17H3F31O2/c18-3(19,1-4(20,21)22)6(25,26)8(29,30)10(33,34)12(37,38)14(41,42)16(45,46)17(47,48)15(43,44)13(39,40)11(35,36)9(31,32)7(27,28)5(23,24)2(49)50/h1H2,(H,49,50). The van der Waals surface area contributed by atoms with E-state index in [0.717, 1.165) is 0 Å². The molecule has 0 saturated carbocycles. The van der Waals surface area contributed by atoms with Crippen molar-refractivity contribution in [2.45, 2.75) is 95.5 Å². The molecule has 0 aromatic rings. The Morgan fingerprint density at radius 1 is 0.300 bits per heavy atom. The predicted octanol–water partition coefficient (Wildman–Crippen LogP) is 9.92. The highest BCUT2D eigenvalue weighted by molar-refractivity contribution is 5.77. The number of hydrogen-bond acceptors (Lipinski definition) is 1.